The number of rotatable bonds is 6. The number of anilines is 2. The molecule has 3 N–H and O–H groups in total. The number of amides is 2. The van der Waals surface area contributed by atoms with Crippen LogP contribution < -0.4 is 16.0 Å². The van der Waals surface area contributed by atoms with Crippen LogP contribution in [0.25, 0.3) is 5.82 Å². The summed E-state index contributed by atoms with van der Waals surface area (Å²) in [7, 11) is 0. The van der Waals surface area contributed by atoms with E-state index in [1.165, 1.54) is 6.07 Å². The van der Waals surface area contributed by atoms with Gasteiger partial charge in [0, 0.05) is 30.5 Å². The van der Waals surface area contributed by atoms with E-state index in [2.05, 4.69) is 31.2 Å². The van der Waals surface area contributed by atoms with Crippen LogP contribution in [0, 0.1) is 32.4 Å². The maximum Gasteiger partial charge on any atom is 0.319 e. The van der Waals surface area contributed by atoms with Gasteiger partial charge in [-0.3, -0.25) is 0 Å². The summed E-state index contributed by atoms with van der Waals surface area (Å²) >= 11 is 0. The zero-order valence-electron chi connectivity index (χ0n) is 16.3. The number of hydrogen-bond donors (Lipinski definition) is 3. The average molecular weight is 401 g/mol. The number of nitrogens with one attached hydrogen (secondary N) is 3. The number of carbonyl (C=O) groups excluding carboxylic acids is 1. The molecule has 0 atom stereocenters. The van der Waals surface area contributed by atoms with Crippen molar-refractivity contribution in [1.29, 1.82) is 0 Å². The predicted molar refractivity (Wildman–Crippen MR) is 105 cm³/mol. The van der Waals surface area contributed by atoms with Gasteiger partial charge in [0.1, 0.15) is 5.82 Å². The van der Waals surface area contributed by atoms with Gasteiger partial charge in [0.15, 0.2) is 17.5 Å². The van der Waals surface area contributed by atoms with E-state index in [0.29, 0.717) is 18.2 Å². The number of hydrogen-bond acceptors (Lipinski definition) is 5. The van der Waals surface area contributed by atoms with Crippen molar-refractivity contribution in [2.45, 2.75) is 20.8 Å². The number of aryl methyl sites for hydroxylation is 1. The highest BCUT2D eigenvalue weighted by Gasteiger charge is 2.10. The Kier molecular flexibility index (Phi) is 6.01. The molecule has 152 valence electrons. The third-order valence-electron chi connectivity index (χ3n) is 4.41. The van der Waals surface area contributed by atoms with Gasteiger partial charge in [-0.05, 0) is 50.6 Å². The third-order valence-corrected chi connectivity index (χ3v) is 4.41. The number of carbonyl (C=O) groups is 1. The summed E-state index contributed by atoms with van der Waals surface area (Å²) in [5.41, 5.74) is 3.23. The van der Waals surface area contributed by atoms with E-state index in [1.54, 1.807) is 16.8 Å². The maximum atomic E-state index is 13.1. The van der Waals surface area contributed by atoms with Crippen molar-refractivity contribution in [1.82, 2.24) is 25.3 Å². The van der Waals surface area contributed by atoms with Crippen molar-refractivity contribution in [2.24, 2.45) is 0 Å². The second-order valence-electron chi connectivity index (χ2n) is 6.42. The second kappa shape index (κ2) is 8.63. The van der Waals surface area contributed by atoms with E-state index in [4.69, 9.17) is 0 Å². The molecular formula is C19H21F2N7O. The number of halogens is 2. The van der Waals surface area contributed by atoms with Crippen LogP contribution in [0.15, 0.2) is 30.3 Å². The standard InChI is InChI=1S/C19H21F2N7O/c1-11-12(2)27-28(13(11)3)18-7-6-17(25-26-18)22-8-9-23-19(29)24-14-4-5-15(20)16(21)10-14/h4-7,10H,8-9H2,1-3H3,(H,22,25)(H2,23,24,29). The molecule has 3 aromatic rings. The van der Waals surface area contributed by atoms with Crippen LogP contribution in [0.5, 0.6) is 0 Å². The Morgan fingerprint density at radius 1 is 1.03 bits per heavy atom. The summed E-state index contributed by atoms with van der Waals surface area (Å²) in [6.45, 7) is 6.61. The topological polar surface area (TPSA) is 96.8 Å². The zero-order chi connectivity index (χ0) is 21.0. The molecule has 29 heavy (non-hydrogen) atoms. The van der Waals surface area contributed by atoms with Crippen molar-refractivity contribution in [2.75, 3.05) is 23.7 Å². The second-order valence-corrected chi connectivity index (χ2v) is 6.42. The molecule has 3 rings (SSSR count). The summed E-state index contributed by atoms with van der Waals surface area (Å²) in [5.74, 6) is -0.828. The van der Waals surface area contributed by atoms with Gasteiger partial charge in [-0.2, -0.15) is 5.10 Å². The summed E-state index contributed by atoms with van der Waals surface area (Å²) in [6, 6.07) is 6.18. The van der Waals surface area contributed by atoms with E-state index in [-0.39, 0.29) is 12.2 Å². The minimum atomic E-state index is -1.03. The molecule has 2 aromatic heterocycles. The Morgan fingerprint density at radius 2 is 1.83 bits per heavy atom. The fourth-order valence-electron chi connectivity index (χ4n) is 2.59. The van der Waals surface area contributed by atoms with Crippen LogP contribution in [0.2, 0.25) is 0 Å². The molecule has 1 aromatic carbocycles. The van der Waals surface area contributed by atoms with Gasteiger partial charge in [0.05, 0.1) is 5.69 Å². The fourth-order valence-corrected chi connectivity index (χ4v) is 2.59. The Bertz CT molecular complexity index is 1020. The average Bonchev–Trinajstić information content (AvgIpc) is 2.96. The van der Waals surface area contributed by atoms with E-state index in [9.17, 15) is 13.6 Å². The van der Waals surface area contributed by atoms with Crippen molar-refractivity contribution >= 4 is 17.5 Å². The minimum Gasteiger partial charge on any atom is -0.367 e. The molecule has 0 saturated heterocycles. The van der Waals surface area contributed by atoms with Gasteiger partial charge in [0.2, 0.25) is 0 Å². The van der Waals surface area contributed by atoms with Crippen molar-refractivity contribution in [3.05, 3.63) is 58.9 Å². The molecule has 0 unspecified atom stereocenters. The predicted octanol–water partition coefficient (Wildman–Crippen LogP) is 3.10. The molecule has 2 amide bonds. The van der Waals surface area contributed by atoms with Crippen molar-refractivity contribution in [3.8, 4) is 5.82 Å². The van der Waals surface area contributed by atoms with Crippen LogP contribution in [0.3, 0.4) is 0 Å². The van der Waals surface area contributed by atoms with Crippen LogP contribution >= 0.6 is 0 Å². The van der Waals surface area contributed by atoms with Gasteiger partial charge in [-0.25, -0.2) is 18.3 Å². The number of nitrogens with zero attached hydrogens (tertiary/aromatic N) is 4. The number of aromatic nitrogens is 4. The quantitative estimate of drug-likeness (QED) is 0.552. The van der Waals surface area contributed by atoms with E-state index < -0.39 is 17.7 Å². The van der Waals surface area contributed by atoms with Gasteiger partial charge < -0.3 is 16.0 Å². The fraction of sp³-hybridized carbons (Fsp3) is 0.263. The molecule has 0 radical (unpaired) electrons. The first-order valence-corrected chi connectivity index (χ1v) is 8.96. The van der Waals surface area contributed by atoms with Gasteiger partial charge in [-0.1, -0.05) is 0 Å². The molecule has 10 heteroatoms. The lowest BCUT2D eigenvalue weighted by molar-refractivity contribution is 0.252. The molecule has 0 aliphatic rings. The van der Waals surface area contributed by atoms with Gasteiger partial charge in [-0.15, -0.1) is 10.2 Å². The first-order chi connectivity index (χ1) is 13.8. The van der Waals surface area contributed by atoms with Crippen LogP contribution in [0.1, 0.15) is 17.0 Å². The number of benzene rings is 1. The summed E-state index contributed by atoms with van der Waals surface area (Å²) in [5, 5.41) is 20.8. The lowest BCUT2D eigenvalue weighted by Crippen LogP contribution is -2.32. The molecule has 0 saturated carbocycles. The Labute approximate surface area is 166 Å². The summed E-state index contributed by atoms with van der Waals surface area (Å²) in [6.07, 6.45) is 0. The molecule has 0 bridgehead atoms. The molecule has 0 aliphatic carbocycles. The summed E-state index contributed by atoms with van der Waals surface area (Å²) < 4.78 is 27.7. The van der Waals surface area contributed by atoms with Gasteiger partial charge >= 0.3 is 6.03 Å². The molecule has 2 heterocycles. The third kappa shape index (κ3) is 4.84. The largest absolute Gasteiger partial charge is 0.367 e. The monoisotopic (exact) mass is 401 g/mol. The normalized spacial score (nSPS) is 10.7. The first-order valence-electron chi connectivity index (χ1n) is 8.96. The summed E-state index contributed by atoms with van der Waals surface area (Å²) in [4.78, 5) is 11.8. The van der Waals surface area contributed by atoms with Crippen LogP contribution in [-0.4, -0.2) is 39.1 Å². The van der Waals surface area contributed by atoms with Crippen LogP contribution in [-0.2, 0) is 0 Å². The zero-order valence-corrected chi connectivity index (χ0v) is 16.3. The highest BCUT2D eigenvalue weighted by Crippen LogP contribution is 2.15. The number of urea groups is 1. The minimum absolute atomic E-state index is 0.162. The highest BCUT2D eigenvalue weighted by atomic mass is 19.2. The van der Waals surface area contributed by atoms with Crippen molar-refractivity contribution in [3.63, 3.8) is 0 Å². The van der Waals surface area contributed by atoms with E-state index in [1.807, 2.05) is 20.8 Å². The Morgan fingerprint density at radius 3 is 2.45 bits per heavy atom. The lowest BCUT2D eigenvalue weighted by atomic mass is 10.2. The van der Waals surface area contributed by atoms with Gasteiger partial charge in [0.25, 0.3) is 0 Å². The molecule has 0 aliphatic heterocycles. The Balaban J connectivity index is 1.46. The Hall–Kier alpha value is -3.56. The molecular weight excluding hydrogens is 380 g/mol. The molecule has 0 spiro atoms. The maximum absolute atomic E-state index is 13.1. The lowest BCUT2D eigenvalue weighted by Gasteiger charge is -2.09. The van der Waals surface area contributed by atoms with Crippen LogP contribution in [0.4, 0.5) is 25.1 Å². The van der Waals surface area contributed by atoms with E-state index in [0.717, 1.165) is 29.1 Å². The smallest absolute Gasteiger partial charge is 0.319 e. The SMILES string of the molecule is Cc1nn(-c2ccc(NCCNC(=O)Nc3ccc(F)c(F)c3)nn2)c(C)c1C. The molecule has 8 nitrogen and oxygen atoms in total. The molecule has 0 fully saturated rings. The highest BCUT2D eigenvalue weighted by molar-refractivity contribution is 5.89. The van der Waals surface area contributed by atoms with E-state index >= 15 is 0 Å². The first kappa shape index (κ1) is 20.2. The van der Waals surface area contributed by atoms with Crippen molar-refractivity contribution < 1.29 is 13.6 Å².